The zero-order valence-electron chi connectivity index (χ0n) is 11.1. The van der Waals surface area contributed by atoms with Crippen molar-refractivity contribution in [3.8, 4) is 17.2 Å². The maximum Gasteiger partial charge on any atom is 0.343 e. The number of hydrogen-bond donors (Lipinski definition) is 0. The van der Waals surface area contributed by atoms with Gasteiger partial charge in [-0.3, -0.25) is 0 Å². The third-order valence-corrected chi connectivity index (χ3v) is 3.09. The number of hydrogen-bond acceptors (Lipinski definition) is 4. The van der Waals surface area contributed by atoms with Gasteiger partial charge in [0.25, 0.3) is 0 Å². The highest BCUT2D eigenvalue weighted by atomic mass is 79.9. The van der Waals surface area contributed by atoms with Crippen LogP contribution in [0.3, 0.4) is 0 Å². The van der Waals surface area contributed by atoms with Crippen molar-refractivity contribution in [2.24, 2.45) is 0 Å². The van der Waals surface area contributed by atoms with Crippen molar-refractivity contribution in [2.75, 3.05) is 14.2 Å². The molecule has 2 aromatic carbocycles. The van der Waals surface area contributed by atoms with Gasteiger partial charge in [0.2, 0.25) is 0 Å². The summed E-state index contributed by atoms with van der Waals surface area (Å²) in [4.78, 5) is 12.0. The largest absolute Gasteiger partial charge is 0.496 e. The summed E-state index contributed by atoms with van der Waals surface area (Å²) in [6, 6.07) is 11.9. The lowest BCUT2D eigenvalue weighted by molar-refractivity contribution is 0.0734. The van der Waals surface area contributed by atoms with Crippen molar-refractivity contribution < 1.29 is 19.0 Å². The average molecular weight is 337 g/mol. The van der Waals surface area contributed by atoms with Crippen LogP contribution in [0.2, 0.25) is 0 Å². The van der Waals surface area contributed by atoms with Crippen molar-refractivity contribution in [3.63, 3.8) is 0 Å². The smallest absolute Gasteiger partial charge is 0.343 e. The normalized spacial score (nSPS) is 9.95. The molecule has 0 heterocycles. The molecule has 0 unspecified atom stereocenters. The quantitative estimate of drug-likeness (QED) is 0.631. The fourth-order valence-corrected chi connectivity index (χ4v) is 2.02. The topological polar surface area (TPSA) is 44.8 Å². The second kappa shape index (κ2) is 6.43. The average Bonchev–Trinajstić information content (AvgIpc) is 2.46. The fraction of sp³-hybridized carbons (Fsp3) is 0.133. The van der Waals surface area contributed by atoms with Gasteiger partial charge in [-0.05, 0) is 18.2 Å². The van der Waals surface area contributed by atoms with E-state index in [-0.39, 0.29) is 0 Å². The fourth-order valence-electron chi connectivity index (χ4n) is 1.62. The van der Waals surface area contributed by atoms with Crippen molar-refractivity contribution in [2.45, 2.75) is 0 Å². The first-order valence-corrected chi connectivity index (χ1v) is 6.62. The number of rotatable bonds is 4. The van der Waals surface area contributed by atoms with Gasteiger partial charge in [0.15, 0.2) is 0 Å². The molecular formula is C15H13BrO4. The molecule has 0 saturated carbocycles. The van der Waals surface area contributed by atoms with Gasteiger partial charge in [-0.1, -0.05) is 22.0 Å². The summed E-state index contributed by atoms with van der Waals surface area (Å²) in [5.74, 6) is 1.04. The number of carbonyl (C=O) groups excluding carboxylic acids is 1. The Morgan fingerprint density at radius 2 is 1.55 bits per heavy atom. The highest BCUT2D eigenvalue weighted by molar-refractivity contribution is 9.10. The third-order valence-electron chi connectivity index (χ3n) is 2.60. The van der Waals surface area contributed by atoms with E-state index in [0.717, 1.165) is 4.47 Å². The molecule has 4 nitrogen and oxygen atoms in total. The van der Waals surface area contributed by atoms with E-state index in [9.17, 15) is 4.79 Å². The predicted molar refractivity (Wildman–Crippen MR) is 78.6 cm³/mol. The molecule has 0 bridgehead atoms. The lowest BCUT2D eigenvalue weighted by Gasteiger charge is -2.09. The molecule has 104 valence electrons. The summed E-state index contributed by atoms with van der Waals surface area (Å²) in [7, 11) is 3.07. The molecule has 0 amide bonds. The van der Waals surface area contributed by atoms with E-state index in [1.807, 2.05) is 6.07 Å². The molecule has 0 spiro atoms. The van der Waals surface area contributed by atoms with Crippen molar-refractivity contribution in [1.29, 1.82) is 0 Å². The number of benzene rings is 2. The summed E-state index contributed by atoms with van der Waals surface area (Å²) in [5.41, 5.74) is 0.459. The molecule has 0 fully saturated rings. The number of halogens is 1. The first-order valence-electron chi connectivity index (χ1n) is 5.83. The SMILES string of the molecule is COc1cc(OC)cc(OC(=O)c2cccc(Br)c2)c1. The Morgan fingerprint density at radius 1 is 0.950 bits per heavy atom. The minimum atomic E-state index is -0.443. The van der Waals surface area contributed by atoms with Crippen LogP contribution in [-0.2, 0) is 0 Å². The Labute approximate surface area is 125 Å². The number of methoxy groups -OCH3 is 2. The van der Waals surface area contributed by atoms with E-state index in [1.54, 1.807) is 36.4 Å². The van der Waals surface area contributed by atoms with E-state index in [1.165, 1.54) is 14.2 Å². The molecule has 0 aromatic heterocycles. The van der Waals surface area contributed by atoms with Gasteiger partial charge in [0, 0.05) is 22.7 Å². The Bertz CT molecular complexity index is 603. The van der Waals surface area contributed by atoms with Crippen molar-refractivity contribution >= 4 is 21.9 Å². The van der Waals surface area contributed by atoms with E-state index < -0.39 is 5.97 Å². The standard InChI is InChI=1S/C15H13BrO4/c1-18-12-7-13(19-2)9-14(8-12)20-15(17)10-4-3-5-11(16)6-10/h3-9H,1-2H3. The molecule has 0 aliphatic rings. The van der Waals surface area contributed by atoms with Crippen LogP contribution >= 0.6 is 15.9 Å². The molecule has 0 N–H and O–H groups in total. The van der Waals surface area contributed by atoms with Crippen molar-refractivity contribution in [1.82, 2.24) is 0 Å². The predicted octanol–water partition coefficient (Wildman–Crippen LogP) is 3.69. The van der Waals surface area contributed by atoms with Gasteiger partial charge in [-0.2, -0.15) is 0 Å². The number of esters is 1. The van der Waals surface area contributed by atoms with Crippen LogP contribution < -0.4 is 14.2 Å². The highest BCUT2D eigenvalue weighted by Gasteiger charge is 2.11. The molecule has 0 atom stereocenters. The van der Waals surface area contributed by atoms with Gasteiger partial charge in [-0.25, -0.2) is 4.79 Å². The first-order chi connectivity index (χ1) is 9.62. The van der Waals surface area contributed by atoms with Gasteiger partial charge in [-0.15, -0.1) is 0 Å². The summed E-state index contributed by atoms with van der Waals surface area (Å²) < 4.78 is 16.4. The number of ether oxygens (including phenoxy) is 3. The Hall–Kier alpha value is -2.01. The van der Waals surface area contributed by atoms with E-state index in [4.69, 9.17) is 14.2 Å². The van der Waals surface area contributed by atoms with Crippen LogP contribution in [0.25, 0.3) is 0 Å². The van der Waals surface area contributed by atoms with E-state index in [2.05, 4.69) is 15.9 Å². The Morgan fingerprint density at radius 3 is 2.10 bits per heavy atom. The Kier molecular flexibility index (Phi) is 4.63. The second-order valence-electron chi connectivity index (χ2n) is 3.95. The molecule has 0 radical (unpaired) electrons. The van der Waals surface area contributed by atoms with Crippen LogP contribution in [0.15, 0.2) is 46.9 Å². The van der Waals surface area contributed by atoms with Crippen LogP contribution in [0, 0.1) is 0 Å². The molecule has 0 saturated heterocycles. The van der Waals surface area contributed by atoms with Crippen LogP contribution in [0.4, 0.5) is 0 Å². The van der Waals surface area contributed by atoms with Crippen LogP contribution in [0.1, 0.15) is 10.4 Å². The summed E-state index contributed by atoms with van der Waals surface area (Å²) in [5, 5.41) is 0. The lowest BCUT2D eigenvalue weighted by atomic mass is 10.2. The van der Waals surface area contributed by atoms with Gasteiger partial charge < -0.3 is 14.2 Å². The molecule has 0 aliphatic carbocycles. The summed E-state index contributed by atoms with van der Waals surface area (Å²) in [6.45, 7) is 0. The zero-order chi connectivity index (χ0) is 14.5. The zero-order valence-corrected chi connectivity index (χ0v) is 12.6. The summed E-state index contributed by atoms with van der Waals surface area (Å²) in [6.07, 6.45) is 0. The molecule has 5 heteroatoms. The Balaban J connectivity index is 2.23. The van der Waals surface area contributed by atoms with Gasteiger partial charge in [0.1, 0.15) is 17.2 Å². The monoisotopic (exact) mass is 336 g/mol. The van der Waals surface area contributed by atoms with Crippen LogP contribution in [-0.4, -0.2) is 20.2 Å². The minimum Gasteiger partial charge on any atom is -0.496 e. The van der Waals surface area contributed by atoms with Gasteiger partial charge >= 0.3 is 5.97 Å². The number of carbonyl (C=O) groups is 1. The highest BCUT2D eigenvalue weighted by Crippen LogP contribution is 2.28. The minimum absolute atomic E-state index is 0.367. The van der Waals surface area contributed by atoms with E-state index >= 15 is 0 Å². The van der Waals surface area contributed by atoms with E-state index in [0.29, 0.717) is 22.8 Å². The van der Waals surface area contributed by atoms with Gasteiger partial charge in [0.05, 0.1) is 19.8 Å². The third kappa shape index (κ3) is 3.51. The molecular weight excluding hydrogens is 324 g/mol. The van der Waals surface area contributed by atoms with Crippen LogP contribution in [0.5, 0.6) is 17.2 Å². The lowest BCUT2D eigenvalue weighted by Crippen LogP contribution is -2.08. The summed E-state index contributed by atoms with van der Waals surface area (Å²) >= 11 is 3.31. The first kappa shape index (κ1) is 14.4. The molecule has 2 rings (SSSR count). The molecule has 0 aliphatic heterocycles. The maximum absolute atomic E-state index is 12.0. The molecule has 20 heavy (non-hydrogen) atoms. The maximum atomic E-state index is 12.0. The molecule has 2 aromatic rings. The van der Waals surface area contributed by atoms with Crippen molar-refractivity contribution in [3.05, 3.63) is 52.5 Å². The second-order valence-corrected chi connectivity index (χ2v) is 4.86.